The highest BCUT2D eigenvalue weighted by molar-refractivity contribution is 9.11. The van der Waals surface area contributed by atoms with Gasteiger partial charge in [-0.25, -0.2) is 0 Å². The maximum absolute atomic E-state index is 5.84. The summed E-state index contributed by atoms with van der Waals surface area (Å²) < 4.78 is 6.99. The lowest BCUT2D eigenvalue weighted by atomic mass is 10.1. The van der Waals surface area contributed by atoms with Gasteiger partial charge in [0.25, 0.3) is 0 Å². The van der Waals surface area contributed by atoms with Crippen LogP contribution in [0.5, 0.6) is 5.75 Å². The molecule has 0 heterocycles. The minimum absolute atomic E-state index is 0.175. The summed E-state index contributed by atoms with van der Waals surface area (Å²) >= 11 is 6.82. The van der Waals surface area contributed by atoms with E-state index in [1.165, 1.54) is 0 Å². The molecule has 1 aromatic carbocycles. The van der Waals surface area contributed by atoms with E-state index in [1.807, 2.05) is 12.1 Å². The molecule has 0 aliphatic carbocycles. The molecule has 3 nitrogen and oxygen atoms in total. The third kappa shape index (κ3) is 2.48. The summed E-state index contributed by atoms with van der Waals surface area (Å²) in [6, 6.07) is 3.61. The first-order valence-electron chi connectivity index (χ1n) is 4.08. The van der Waals surface area contributed by atoms with E-state index in [-0.39, 0.29) is 6.04 Å². The Labute approximate surface area is 100 Å². The van der Waals surface area contributed by atoms with Gasteiger partial charge in [-0.2, -0.15) is 0 Å². The Bertz CT molecular complexity index is 331. The van der Waals surface area contributed by atoms with Crippen molar-refractivity contribution in [3.63, 3.8) is 0 Å². The Morgan fingerprint density at radius 3 is 2.50 bits per heavy atom. The maximum atomic E-state index is 5.84. The summed E-state index contributed by atoms with van der Waals surface area (Å²) in [5.41, 5.74) is 12.3. The second kappa shape index (κ2) is 5.11. The van der Waals surface area contributed by atoms with Gasteiger partial charge in [-0.05, 0) is 33.6 Å². The summed E-state index contributed by atoms with van der Waals surface area (Å²) in [7, 11) is 1.62. The van der Waals surface area contributed by atoms with Crippen LogP contribution in [0, 0.1) is 0 Å². The smallest absolute Gasteiger partial charge is 0.133 e. The van der Waals surface area contributed by atoms with Crippen LogP contribution in [0.25, 0.3) is 0 Å². The highest BCUT2D eigenvalue weighted by atomic mass is 79.9. The molecule has 0 aliphatic rings. The number of ether oxygens (including phenoxy) is 1. The average Bonchev–Trinajstić information content (AvgIpc) is 2.17. The van der Waals surface area contributed by atoms with Crippen molar-refractivity contribution in [1.82, 2.24) is 0 Å². The molecule has 0 aromatic heterocycles. The van der Waals surface area contributed by atoms with Gasteiger partial charge in [0.1, 0.15) is 5.75 Å². The molecular formula is C9H12Br2N2O. The van der Waals surface area contributed by atoms with Gasteiger partial charge >= 0.3 is 0 Å². The van der Waals surface area contributed by atoms with E-state index in [4.69, 9.17) is 16.2 Å². The predicted octanol–water partition coefficient (Wildman–Crippen LogP) is 2.18. The molecule has 0 spiro atoms. The van der Waals surface area contributed by atoms with Crippen molar-refractivity contribution in [2.45, 2.75) is 6.04 Å². The van der Waals surface area contributed by atoms with Gasteiger partial charge in [-0.1, -0.05) is 15.9 Å². The van der Waals surface area contributed by atoms with Crippen LogP contribution < -0.4 is 16.2 Å². The van der Waals surface area contributed by atoms with Crippen molar-refractivity contribution >= 4 is 31.9 Å². The molecule has 1 rings (SSSR count). The van der Waals surface area contributed by atoms with Crippen LogP contribution in [-0.2, 0) is 0 Å². The van der Waals surface area contributed by atoms with E-state index < -0.39 is 0 Å². The zero-order valence-electron chi connectivity index (χ0n) is 7.76. The molecule has 1 atom stereocenters. The first-order valence-corrected chi connectivity index (χ1v) is 5.67. The van der Waals surface area contributed by atoms with Crippen LogP contribution in [0.1, 0.15) is 11.6 Å². The van der Waals surface area contributed by atoms with E-state index in [2.05, 4.69) is 31.9 Å². The molecular weight excluding hydrogens is 312 g/mol. The fourth-order valence-electron chi connectivity index (χ4n) is 1.11. The molecule has 0 unspecified atom stereocenters. The molecule has 5 heteroatoms. The van der Waals surface area contributed by atoms with Crippen LogP contribution in [0.3, 0.4) is 0 Å². The number of benzene rings is 1. The topological polar surface area (TPSA) is 61.3 Å². The van der Waals surface area contributed by atoms with Gasteiger partial charge in [-0.3, -0.25) is 0 Å². The summed E-state index contributed by atoms with van der Waals surface area (Å²) in [6.45, 7) is 0.406. The molecule has 1 aromatic rings. The first-order chi connectivity index (χ1) is 6.60. The lowest BCUT2D eigenvalue weighted by Crippen LogP contribution is -2.21. The number of hydrogen-bond donors (Lipinski definition) is 2. The van der Waals surface area contributed by atoms with E-state index >= 15 is 0 Å². The zero-order valence-corrected chi connectivity index (χ0v) is 10.9. The second-order valence-corrected chi connectivity index (χ2v) is 4.56. The molecule has 0 saturated carbocycles. The third-order valence-electron chi connectivity index (χ3n) is 1.92. The average molecular weight is 324 g/mol. The molecule has 0 bridgehead atoms. The lowest BCUT2D eigenvalue weighted by Gasteiger charge is -2.14. The molecule has 0 saturated heterocycles. The SMILES string of the molecule is COc1cc([C@H](N)CN)c(Br)cc1Br. The largest absolute Gasteiger partial charge is 0.496 e. The van der Waals surface area contributed by atoms with Gasteiger partial charge in [0.05, 0.1) is 11.6 Å². The number of methoxy groups -OCH3 is 1. The quantitative estimate of drug-likeness (QED) is 0.896. The summed E-state index contributed by atoms with van der Waals surface area (Å²) in [5.74, 6) is 0.757. The van der Waals surface area contributed by atoms with Crippen molar-refractivity contribution in [1.29, 1.82) is 0 Å². The van der Waals surface area contributed by atoms with Crippen molar-refractivity contribution in [2.24, 2.45) is 11.5 Å². The zero-order chi connectivity index (χ0) is 10.7. The van der Waals surface area contributed by atoms with Gasteiger partial charge in [0.15, 0.2) is 0 Å². The Hall–Kier alpha value is -0.100. The Kier molecular flexibility index (Phi) is 4.37. The van der Waals surface area contributed by atoms with Crippen molar-refractivity contribution < 1.29 is 4.74 Å². The maximum Gasteiger partial charge on any atom is 0.133 e. The number of hydrogen-bond acceptors (Lipinski definition) is 3. The van der Waals surface area contributed by atoms with E-state index in [1.54, 1.807) is 7.11 Å². The summed E-state index contributed by atoms with van der Waals surface area (Å²) in [6.07, 6.45) is 0. The number of halogens is 2. The van der Waals surface area contributed by atoms with E-state index in [9.17, 15) is 0 Å². The molecule has 14 heavy (non-hydrogen) atoms. The van der Waals surface area contributed by atoms with Crippen molar-refractivity contribution in [2.75, 3.05) is 13.7 Å². The molecule has 0 fully saturated rings. The monoisotopic (exact) mass is 322 g/mol. The Morgan fingerprint density at radius 2 is 2.00 bits per heavy atom. The standard InChI is InChI=1S/C9H12Br2N2O/c1-14-9-2-5(8(13)4-12)6(10)3-7(9)11/h2-3,8H,4,12-13H2,1H3/t8-/m1/s1. The number of rotatable bonds is 3. The third-order valence-corrected chi connectivity index (χ3v) is 3.23. The van der Waals surface area contributed by atoms with E-state index in [0.29, 0.717) is 6.54 Å². The predicted molar refractivity (Wildman–Crippen MR) is 64.4 cm³/mol. The minimum Gasteiger partial charge on any atom is -0.496 e. The fraction of sp³-hybridized carbons (Fsp3) is 0.333. The van der Waals surface area contributed by atoms with Gasteiger partial charge < -0.3 is 16.2 Å². The molecule has 0 amide bonds. The Morgan fingerprint density at radius 1 is 1.36 bits per heavy atom. The lowest BCUT2D eigenvalue weighted by molar-refractivity contribution is 0.411. The van der Waals surface area contributed by atoms with Crippen molar-refractivity contribution in [3.8, 4) is 5.75 Å². The van der Waals surface area contributed by atoms with Crippen LogP contribution in [0.15, 0.2) is 21.1 Å². The first kappa shape index (κ1) is 12.0. The fourth-order valence-corrected chi connectivity index (χ4v) is 2.56. The second-order valence-electron chi connectivity index (χ2n) is 2.85. The number of nitrogens with two attached hydrogens (primary N) is 2. The van der Waals surface area contributed by atoms with Crippen LogP contribution in [0.4, 0.5) is 0 Å². The highest BCUT2D eigenvalue weighted by Gasteiger charge is 2.12. The Balaban J connectivity index is 3.17. The molecule has 0 radical (unpaired) electrons. The molecule has 0 aliphatic heterocycles. The van der Waals surface area contributed by atoms with Crippen LogP contribution in [0.2, 0.25) is 0 Å². The van der Waals surface area contributed by atoms with Gasteiger partial charge in [0, 0.05) is 17.1 Å². The molecule has 4 N–H and O–H groups in total. The summed E-state index contributed by atoms with van der Waals surface area (Å²) in [5, 5.41) is 0. The van der Waals surface area contributed by atoms with Gasteiger partial charge in [-0.15, -0.1) is 0 Å². The van der Waals surface area contributed by atoms with Crippen LogP contribution >= 0.6 is 31.9 Å². The minimum atomic E-state index is -0.175. The van der Waals surface area contributed by atoms with Gasteiger partial charge in [0.2, 0.25) is 0 Å². The normalized spacial score (nSPS) is 12.6. The van der Waals surface area contributed by atoms with E-state index in [0.717, 1.165) is 20.3 Å². The summed E-state index contributed by atoms with van der Waals surface area (Å²) in [4.78, 5) is 0. The molecule has 78 valence electrons. The highest BCUT2D eigenvalue weighted by Crippen LogP contribution is 2.33. The van der Waals surface area contributed by atoms with Crippen LogP contribution in [-0.4, -0.2) is 13.7 Å². The van der Waals surface area contributed by atoms with Crippen molar-refractivity contribution in [3.05, 3.63) is 26.6 Å².